The molecule has 8 heteroatoms. The molecule has 3 N–H and O–H groups in total. The number of ether oxygens (including phenoxy) is 1. The Morgan fingerprint density at radius 3 is 2.57 bits per heavy atom. The lowest BCUT2D eigenvalue weighted by Crippen LogP contribution is -2.57. The topological polar surface area (TPSA) is 119 Å². The molecular weight excluding hydrogens is 210 g/mol. The van der Waals surface area contributed by atoms with Crippen LogP contribution in [0.5, 0.6) is 0 Å². The van der Waals surface area contributed by atoms with E-state index in [1.807, 2.05) is 0 Å². The summed E-state index contributed by atoms with van der Waals surface area (Å²) in [6.07, 6.45) is -3.54. The van der Waals surface area contributed by atoms with Gasteiger partial charge in [-0.15, -0.1) is 0 Å². The second-order valence-corrected chi connectivity index (χ2v) is 3.37. The van der Waals surface area contributed by atoms with E-state index in [0.29, 0.717) is 0 Å². The molecule has 0 spiro atoms. The van der Waals surface area contributed by atoms with E-state index in [4.69, 9.17) is 28.0 Å². The van der Waals surface area contributed by atoms with Crippen molar-refractivity contribution in [3.63, 3.8) is 0 Å². The Balaban J connectivity index is 2.78. The lowest BCUT2D eigenvalue weighted by atomic mass is 9.99. The third-order valence-electron chi connectivity index (χ3n) is 2.03. The molecule has 0 amide bonds. The van der Waals surface area contributed by atoms with Crippen molar-refractivity contribution in [3.05, 3.63) is 10.4 Å². The fourth-order valence-electron chi connectivity index (χ4n) is 1.25. The largest absolute Gasteiger partial charge is 0.761 e. The fraction of sp³-hybridized carbons (Fsp3) is 1.00. The Hall–Kier alpha value is -0.500. The first kappa shape index (κ1) is 11.6. The zero-order chi connectivity index (χ0) is 10.7. The average Bonchev–Trinajstić information content (AvgIpc) is 2.18. The van der Waals surface area contributed by atoms with Crippen LogP contribution in [0.3, 0.4) is 0 Å². The van der Waals surface area contributed by atoms with E-state index in [2.05, 4.69) is 10.0 Å². The molecule has 1 heterocycles. The monoisotopic (exact) mass is 220 g/mol. The van der Waals surface area contributed by atoms with Gasteiger partial charge in [0.1, 0.15) is 12.2 Å². The molecule has 0 saturated carbocycles. The molecule has 0 unspecified atom stereocenters. The lowest BCUT2D eigenvalue weighted by Gasteiger charge is -2.44. The highest BCUT2D eigenvalue weighted by Gasteiger charge is 2.38. The summed E-state index contributed by atoms with van der Waals surface area (Å²) >= 11 is 4.78. The van der Waals surface area contributed by atoms with Gasteiger partial charge in [-0.2, -0.15) is 0 Å². The van der Waals surface area contributed by atoms with Crippen molar-refractivity contribution in [2.75, 3.05) is 6.61 Å². The minimum absolute atomic E-state index is 0.450. The number of aliphatic hydroxyl groups excluding tert-OH is 3. The summed E-state index contributed by atoms with van der Waals surface area (Å²) in [5.41, 5.74) is 7.23. The fourth-order valence-corrected chi connectivity index (χ4v) is 1.61. The molecule has 0 aromatic rings. The third-order valence-corrected chi connectivity index (χ3v) is 2.42. The Morgan fingerprint density at radius 1 is 1.43 bits per heavy atom. The normalized spacial score (nSPS) is 43.0. The highest BCUT2D eigenvalue weighted by Crippen LogP contribution is 2.22. The molecule has 0 aromatic heterocycles. The van der Waals surface area contributed by atoms with Crippen LogP contribution in [-0.2, 0) is 17.4 Å². The van der Waals surface area contributed by atoms with E-state index < -0.39 is 36.4 Å². The number of nitrogens with zero attached hydrogens (tertiary/aromatic N) is 3. The quantitative estimate of drug-likeness (QED) is 0.230. The minimum atomic E-state index is -1.31. The van der Waals surface area contributed by atoms with Gasteiger partial charge in [-0.3, -0.25) is 0 Å². The zero-order valence-electron chi connectivity index (χ0n) is 7.09. The second kappa shape index (κ2) is 4.83. The van der Waals surface area contributed by atoms with Crippen molar-refractivity contribution in [2.45, 2.75) is 29.8 Å². The average molecular weight is 220 g/mol. The van der Waals surface area contributed by atoms with E-state index in [-0.39, 0.29) is 0 Å². The molecule has 5 atom stereocenters. The smallest absolute Gasteiger partial charge is 0.109 e. The van der Waals surface area contributed by atoms with Crippen LogP contribution >= 0.6 is 0 Å². The Labute approximate surface area is 85.3 Å². The number of azide groups is 1. The van der Waals surface area contributed by atoms with Crippen molar-refractivity contribution < 1.29 is 20.1 Å². The molecule has 1 rings (SSSR count). The summed E-state index contributed by atoms with van der Waals surface area (Å²) in [7, 11) is 0. The van der Waals surface area contributed by atoms with Gasteiger partial charge in [0.25, 0.3) is 0 Å². The SMILES string of the molecule is [N-]=[N+]=N[C@@H]1[C@@H](O)[C@H](O)[C@@H](CO)O[C@H]1[S-]. The van der Waals surface area contributed by atoms with Gasteiger partial charge >= 0.3 is 0 Å². The van der Waals surface area contributed by atoms with Gasteiger partial charge in [-0.1, -0.05) is 5.11 Å². The van der Waals surface area contributed by atoms with Crippen LogP contribution in [0.25, 0.3) is 10.4 Å². The number of hydrogen-bond donors (Lipinski definition) is 3. The first-order chi connectivity index (χ1) is 6.61. The number of rotatable bonds is 2. The van der Waals surface area contributed by atoms with E-state index >= 15 is 0 Å². The molecule has 14 heavy (non-hydrogen) atoms. The molecule has 1 aliphatic heterocycles. The van der Waals surface area contributed by atoms with Crippen molar-refractivity contribution in [3.8, 4) is 0 Å². The van der Waals surface area contributed by atoms with Crippen LogP contribution in [-0.4, -0.2) is 51.7 Å². The highest BCUT2D eigenvalue weighted by atomic mass is 32.1. The van der Waals surface area contributed by atoms with E-state index in [9.17, 15) is 10.2 Å². The van der Waals surface area contributed by atoms with Crippen LogP contribution in [0, 0.1) is 0 Å². The summed E-state index contributed by atoms with van der Waals surface area (Å²) in [6, 6.07) is -1.01. The Bertz CT molecular complexity index is 247. The van der Waals surface area contributed by atoms with Gasteiger partial charge < -0.3 is 32.7 Å². The number of hydrogen-bond acceptors (Lipinski definition) is 6. The van der Waals surface area contributed by atoms with Crippen molar-refractivity contribution >= 4 is 12.6 Å². The van der Waals surface area contributed by atoms with Gasteiger partial charge in [0.05, 0.1) is 18.8 Å². The van der Waals surface area contributed by atoms with Gasteiger partial charge in [-0.25, -0.2) is 0 Å². The van der Waals surface area contributed by atoms with Crippen LogP contribution < -0.4 is 0 Å². The summed E-state index contributed by atoms with van der Waals surface area (Å²) in [4.78, 5) is 2.49. The molecule has 0 aliphatic carbocycles. The van der Waals surface area contributed by atoms with E-state index in [1.165, 1.54) is 0 Å². The first-order valence-electron chi connectivity index (χ1n) is 3.94. The second-order valence-electron chi connectivity index (χ2n) is 2.90. The molecule has 80 valence electrons. The van der Waals surface area contributed by atoms with Crippen molar-refractivity contribution in [2.24, 2.45) is 5.11 Å². The first-order valence-corrected chi connectivity index (χ1v) is 4.41. The van der Waals surface area contributed by atoms with Crippen LogP contribution in [0.1, 0.15) is 0 Å². The summed E-state index contributed by atoms with van der Waals surface area (Å²) in [6.45, 7) is -0.450. The summed E-state index contributed by atoms with van der Waals surface area (Å²) < 4.78 is 4.97. The van der Waals surface area contributed by atoms with Gasteiger partial charge in [0, 0.05) is 4.91 Å². The Morgan fingerprint density at radius 2 is 2.07 bits per heavy atom. The Kier molecular flexibility index (Phi) is 3.99. The van der Waals surface area contributed by atoms with Crippen LogP contribution in [0.15, 0.2) is 5.11 Å². The van der Waals surface area contributed by atoms with Crippen molar-refractivity contribution in [1.29, 1.82) is 0 Å². The van der Waals surface area contributed by atoms with Gasteiger partial charge in [-0.05, 0) is 11.0 Å². The predicted octanol–water partition coefficient (Wildman–Crippen LogP) is -1.35. The highest BCUT2D eigenvalue weighted by molar-refractivity contribution is 7.59. The molecule has 1 fully saturated rings. The van der Waals surface area contributed by atoms with E-state index in [1.54, 1.807) is 0 Å². The molecule has 0 bridgehead atoms. The minimum Gasteiger partial charge on any atom is -0.761 e. The number of aliphatic hydroxyl groups is 3. The maximum absolute atomic E-state index is 9.47. The lowest BCUT2D eigenvalue weighted by molar-refractivity contribution is -0.165. The maximum Gasteiger partial charge on any atom is 0.109 e. The van der Waals surface area contributed by atoms with Gasteiger partial charge in [0.15, 0.2) is 0 Å². The summed E-state index contributed by atoms with van der Waals surface area (Å²) in [5.74, 6) is 0. The third kappa shape index (κ3) is 2.11. The molecule has 0 radical (unpaired) electrons. The molecule has 1 aliphatic rings. The molecule has 0 aromatic carbocycles. The molecule has 1 saturated heterocycles. The standard InChI is InChI=1S/C6H11N3O4S/c7-9-8-3-5(12)4(11)2(1-10)13-6(3)14/h2-6,10-12,14H,1H2/p-1/t2-,3-,4-,5-,6+/m1/s1. The maximum atomic E-state index is 9.47. The van der Waals surface area contributed by atoms with Gasteiger partial charge in [0.2, 0.25) is 0 Å². The summed E-state index contributed by atoms with van der Waals surface area (Å²) in [5, 5.41) is 30.8. The van der Waals surface area contributed by atoms with Crippen molar-refractivity contribution in [1.82, 2.24) is 0 Å². The van der Waals surface area contributed by atoms with Crippen LogP contribution in [0.4, 0.5) is 0 Å². The van der Waals surface area contributed by atoms with E-state index in [0.717, 1.165) is 0 Å². The zero-order valence-corrected chi connectivity index (χ0v) is 7.91. The molecule has 7 nitrogen and oxygen atoms in total. The van der Waals surface area contributed by atoms with Crippen LogP contribution in [0.2, 0.25) is 0 Å². The molecular formula is C6H10N3O4S-. The predicted molar refractivity (Wildman–Crippen MR) is 48.1 cm³/mol.